The summed E-state index contributed by atoms with van der Waals surface area (Å²) in [5, 5.41) is 0. The molecule has 0 fully saturated rings. The van der Waals surface area contributed by atoms with Crippen molar-refractivity contribution in [2.75, 3.05) is 59.5 Å². The van der Waals surface area contributed by atoms with Crippen molar-refractivity contribution in [1.82, 2.24) is 0 Å². The third-order valence-electron chi connectivity index (χ3n) is 6.57. The summed E-state index contributed by atoms with van der Waals surface area (Å²) in [6.45, 7) is 20.1. The summed E-state index contributed by atoms with van der Waals surface area (Å²) in [6.07, 6.45) is 6.61. The third kappa shape index (κ3) is 16.0. The Morgan fingerprint density at radius 3 is 0.927 bits per heavy atom. The fraction of sp³-hybridized carbons (Fsp3) is 1.00. The van der Waals surface area contributed by atoms with Crippen LogP contribution in [0.5, 0.6) is 0 Å². The summed E-state index contributed by atoms with van der Waals surface area (Å²) in [5.41, 5.74) is 0. The van der Waals surface area contributed by atoms with Gasteiger partial charge in [-0.1, -0.05) is 60.8 Å². The highest BCUT2D eigenvalue weighted by Gasteiger charge is 2.52. The Morgan fingerprint density at radius 1 is 0.463 bits per heavy atom. The van der Waals surface area contributed by atoms with Crippen LogP contribution in [0.25, 0.3) is 0 Å². The highest BCUT2D eigenvalue weighted by Crippen LogP contribution is 2.60. The Balaban J connectivity index is 6.60. The number of phosphoric ester groups is 1. The zero-order valence-electron chi connectivity index (χ0n) is 27.8. The molecular formula is C30H63O10P. The molecule has 11 heteroatoms. The summed E-state index contributed by atoms with van der Waals surface area (Å²) >= 11 is 0. The molecule has 0 rings (SSSR count). The van der Waals surface area contributed by atoms with Gasteiger partial charge in [0, 0.05) is 58.9 Å². The van der Waals surface area contributed by atoms with Gasteiger partial charge in [-0.3, -0.25) is 13.6 Å². The molecule has 0 aliphatic carbocycles. The van der Waals surface area contributed by atoms with Crippen LogP contribution < -0.4 is 0 Å². The summed E-state index contributed by atoms with van der Waals surface area (Å²) in [7, 11) is -4.50. The molecule has 0 aromatic carbocycles. The zero-order chi connectivity index (χ0) is 31.1. The predicted molar refractivity (Wildman–Crippen MR) is 162 cm³/mol. The molecule has 3 unspecified atom stereocenters. The van der Waals surface area contributed by atoms with Gasteiger partial charge in [0.2, 0.25) is 17.4 Å². The first kappa shape index (κ1) is 40.9. The second-order valence-corrected chi connectivity index (χ2v) is 11.5. The van der Waals surface area contributed by atoms with E-state index in [1.165, 1.54) is 0 Å². The number of hydrogen-bond acceptors (Lipinski definition) is 10. The monoisotopic (exact) mass is 614 g/mol. The minimum Gasteiger partial charge on any atom is -0.376 e. The Kier molecular flexibility index (Phi) is 23.2. The van der Waals surface area contributed by atoms with Gasteiger partial charge in [-0.15, -0.1) is 0 Å². The standard InChI is InChI=1S/C30H63O10P/c1-10-19-22-32-25-28(13-4,35-16-7)38-41(31,39-29(14-5,36-17-8)26-33-23-20-11-2)40-30(15-6,37-18-9)27-34-24-21-12-3/h10-27H2,1-9H3. The molecule has 0 N–H and O–H groups in total. The molecule has 0 saturated heterocycles. The Hall–Kier alpha value is -0.130. The number of rotatable bonds is 30. The molecule has 0 heterocycles. The van der Waals surface area contributed by atoms with Gasteiger partial charge >= 0.3 is 7.82 Å². The predicted octanol–water partition coefficient (Wildman–Crippen LogP) is 8.02. The Labute approximate surface area is 251 Å². The van der Waals surface area contributed by atoms with E-state index in [4.69, 9.17) is 42.0 Å². The molecule has 0 aliphatic rings. The van der Waals surface area contributed by atoms with E-state index in [0.717, 1.165) is 38.5 Å². The van der Waals surface area contributed by atoms with Crippen LogP contribution in [0.1, 0.15) is 120 Å². The number of unbranched alkanes of at least 4 members (excludes halogenated alkanes) is 3. The van der Waals surface area contributed by atoms with Crippen molar-refractivity contribution in [3.63, 3.8) is 0 Å². The van der Waals surface area contributed by atoms with Crippen molar-refractivity contribution in [3.8, 4) is 0 Å². The molecule has 0 aliphatic heterocycles. The fourth-order valence-electron chi connectivity index (χ4n) is 3.97. The molecule has 3 atom stereocenters. The molecule has 0 spiro atoms. The van der Waals surface area contributed by atoms with Crippen molar-refractivity contribution in [1.29, 1.82) is 0 Å². The van der Waals surface area contributed by atoms with Crippen LogP contribution in [0.2, 0.25) is 0 Å². The summed E-state index contributed by atoms with van der Waals surface area (Å²) in [6, 6.07) is 0. The van der Waals surface area contributed by atoms with Crippen molar-refractivity contribution in [2.24, 2.45) is 0 Å². The minimum atomic E-state index is -4.50. The van der Waals surface area contributed by atoms with Crippen molar-refractivity contribution in [3.05, 3.63) is 0 Å². The summed E-state index contributed by atoms with van der Waals surface area (Å²) in [5.74, 6) is -4.16. The van der Waals surface area contributed by atoms with Crippen LogP contribution in [0, 0.1) is 0 Å². The SMILES string of the molecule is CCCCOCC(CC)(OCC)OP(=O)(OC(CC)(COCCCC)OCC)OC(CC)(COCCCC)OCC. The lowest BCUT2D eigenvalue weighted by atomic mass is 10.2. The summed E-state index contributed by atoms with van der Waals surface area (Å²) < 4.78 is 70.0. The van der Waals surface area contributed by atoms with Gasteiger partial charge in [-0.2, -0.15) is 0 Å². The van der Waals surface area contributed by atoms with Gasteiger partial charge in [0.25, 0.3) is 0 Å². The lowest BCUT2D eigenvalue weighted by Gasteiger charge is -2.42. The highest BCUT2D eigenvalue weighted by atomic mass is 31.2. The van der Waals surface area contributed by atoms with E-state index >= 15 is 0 Å². The lowest BCUT2D eigenvalue weighted by Crippen LogP contribution is -2.47. The quantitative estimate of drug-likeness (QED) is 0.0449. The van der Waals surface area contributed by atoms with Crippen LogP contribution >= 0.6 is 7.82 Å². The van der Waals surface area contributed by atoms with Crippen molar-refractivity contribution >= 4 is 7.82 Å². The molecule has 41 heavy (non-hydrogen) atoms. The zero-order valence-corrected chi connectivity index (χ0v) is 28.7. The lowest BCUT2D eigenvalue weighted by molar-refractivity contribution is -0.278. The third-order valence-corrected chi connectivity index (χ3v) is 8.23. The molecule has 0 aromatic heterocycles. The van der Waals surface area contributed by atoms with Gasteiger partial charge in [0.05, 0.1) is 0 Å². The molecule has 0 radical (unpaired) electrons. The largest absolute Gasteiger partial charge is 0.482 e. The normalized spacial score (nSPS) is 18.0. The van der Waals surface area contributed by atoms with Gasteiger partial charge in [-0.25, -0.2) is 4.57 Å². The topological polar surface area (TPSA) is 100 Å². The smallest absolute Gasteiger partial charge is 0.376 e. The first-order valence-electron chi connectivity index (χ1n) is 16.0. The van der Waals surface area contributed by atoms with Crippen LogP contribution in [0.3, 0.4) is 0 Å². The van der Waals surface area contributed by atoms with Crippen LogP contribution in [-0.2, 0) is 46.6 Å². The van der Waals surface area contributed by atoms with Crippen LogP contribution in [0.15, 0.2) is 0 Å². The molecule has 0 amide bonds. The van der Waals surface area contributed by atoms with Crippen LogP contribution in [0.4, 0.5) is 0 Å². The average Bonchev–Trinajstić information content (AvgIpc) is 2.95. The van der Waals surface area contributed by atoms with E-state index in [-0.39, 0.29) is 19.8 Å². The van der Waals surface area contributed by atoms with Gasteiger partial charge in [0.1, 0.15) is 19.8 Å². The molecule has 0 aromatic rings. The molecule has 248 valence electrons. The minimum absolute atomic E-state index is 0.0512. The van der Waals surface area contributed by atoms with Crippen molar-refractivity contribution in [2.45, 2.75) is 137 Å². The van der Waals surface area contributed by atoms with E-state index in [9.17, 15) is 4.57 Å². The number of ether oxygens (including phenoxy) is 6. The first-order valence-corrected chi connectivity index (χ1v) is 17.5. The Morgan fingerprint density at radius 2 is 0.732 bits per heavy atom. The van der Waals surface area contributed by atoms with E-state index in [2.05, 4.69) is 20.8 Å². The van der Waals surface area contributed by atoms with Gasteiger partial charge in [-0.05, 0) is 40.0 Å². The van der Waals surface area contributed by atoms with Gasteiger partial charge < -0.3 is 28.4 Å². The second-order valence-electron chi connectivity index (χ2n) is 10.0. The van der Waals surface area contributed by atoms with E-state index in [1.54, 1.807) is 0 Å². The van der Waals surface area contributed by atoms with Gasteiger partial charge in [0.15, 0.2) is 0 Å². The average molecular weight is 615 g/mol. The molecule has 0 saturated carbocycles. The van der Waals surface area contributed by atoms with E-state index < -0.39 is 25.2 Å². The fourth-order valence-corrected chi connectivity index (χ4v) is 6.01. The van der Waals surface area contributed by atoms with Crippen molar-refractivity contribution < 1.29 is 46.6 Å². The number of hydrogen-bond donors (Lipinski definition) is 0. The maximum atomic E-state index is 15.0. The van der Waals surface area contributed by atoms with E-state index in [0.29, 0.717) is 58.9 Å². The van der Waals surface area contributed by atoms with E-state index in [1.807, 2.05) is 41.5 Å². The maximum absolute atomic E-state index is 15.0. The highest BCUT2D eigenvalue weighted by molar-refractivity contribution is 7.48. The first-order chi connectivity index (χ1) is 19.7. The molecule has 0 bridgehead atoms. The van der Waals surface area contributed by atoms with Crippen LogP contribution in [-0.4, -0.2) is 76.8 Å². The summed E-state index contributed by atoms with van der Waals surface area (Å²) in [4.78, 5) is 0. The molecular weight excluding hydrogens is 551 g/mol. The number of phosphoric acid groups is 1. The Bertz CT molecular complexity index is 584. The second kappa shape index (κ2) is 23.3. The molecule has 10 nitrogen and oxygen atoms in total. The maximum Gasteiger partial charge on any atom is 0.482 e.